The molecule has 0 aliphatic rings. The summed E-state index contributed by atoms with van der Waals surface area (Å²) in [4.78, 5) is 13.2. The zero-order chi connectivity index (χ0) is 29.8. The molecule has 0 saturated carbocycles. The van der Waals surface area contributed by atoms with Crippen LogP contribution in [0.2, 0.25) is 0 Å². The van der Waals surface area contributed by atoms with E-state index in [9.17, 15) is 4.79 Å². The van der Waals surface area contributed by atoms with Gasteiger partial charge in [0.05, 0.1) is 26.8 Å². The van der Waals surface area contributed by atoms with Gasteiger partial charge >= 0.3 is 5.97 Å². The molecule has 0 fully saturated rings. The molecule has 0 aliphatic heterocycles. The molecule has 0 N–H and O–H groups in total. The number of esters is 1. The average molecular weight is 567 g/mol. The van der Waals surface area contributed by atoms with Gasteiger partial charge < -0.3 is 14.0 Å². The van der Waals surface area contributed by atoms with Gasteiger partial charge in [0.15, 0.2) is 6.04 Å². The monoisotopic (exact) mass is 566 g/mol. The number of unbranched alkanes of at least 4 members (excludes halogenated alkanes) is 10. The summed E-state index contributed by atoms with van der Waals surface area (Å²) in [7, 11) is 4.26. The lowest BCUT2D eigenvalue weighted by atomic mass is 10.0. The van der Waals surface area contributed by atoms with Crippen LogP contribution in [0.5, 0.6) is 5.75 Å². The largest absolute Gasteiger partial charge is 0.490 e. The number of rotatable bonds is 23. The molecule has 0 bridgehead atoms. The molecule has 0 saturated heterocycles. The molecule has 2 aromatic carbocycles. The number of para-hydroxylation sites is 1. The first kappa shape index (κ1) is 34.9. The third-order valence-electron chi connectivity index (χ3n) is 8.23. The molecule has 230 valence electrons. The average Bonchev–Trinajstić information content (AvgIpc) is 2.95. The maximum Gasteiger partial charge on any atom is 0.364 e. The van der Waals surface area contributed by atoms with Crippen molar-refractivity contribution in [3.05, 3.63) is 65.7 Å². The fourth-order valence-corrected chi connectivity index (χ4v) is 5.69. The number of nitrogens with zero attached hydrogens (tertiary/aromatic N) is 1. The highest BCUT2D eigenvalue weighted by atomic mass is 16.5. The van der Waals surface area contributed by atoms with Crippen LogP contribution in [0.4, 0.5) is 0 Å². The van der Waals surface area contributed by atoms with Gasteiger partial charge in [0.1, 0.15) is 12.3 Å². The molecule has 4 nitrogen and oxygen atoms in total. The van der Waals surface area contributed by atoms with Crippen molar-refractivity contribution in [2.24, 2.45) is 0 Å². The number of benzene rings is 2. The summed E-state index contributed by atoms with van der Waals surface area (Å²) >= 11 is 0. The van der Waals surface area contributed by atoms with Gasteiger partial charge in [0.25, 0.3) is 0 Å². The van der Waals surface area contributed by atoms with Crippen molar-refractivity contribution < 1.29 is 18.8 Å². The lowest BCUT2D eigenvalue weighted by Crippen LogP contribution is -2.52. The molecule has 0 aliphatic carbocycles. The summed E-state index contributed by atoms with van der Waals surface area (Å²) in [5, 5.41) is 0. The number of likely N-dealkylation sites (N-methyl/N-ethyl adjacent to an activating group) is 1. The number of hydrogen-bond donors (Lipinski definition) is 0. The minimum atomic E-state index is -0.178. The molecule has 0 heterocycles. The second-order valence-electron chi connectivity index (χ2n) is 12.5. The summed E-state index contributed by atoms with van der Waals surface area (Å²) in [5.74, 6) is 0.875. The van der Waals surface area contributed by atoms with Crippen molar-refractivity contribution in [1.82, 2.24) is 0 Å². The smallest absolute Gasteiger partial charge is 0.364 e. The van der Waals surface area contributed by atoms with E-state index in [1.54, 1.807) is 0 Å². The van der Waals surface area contributed by atoms with Crippen molar-refractivity contribution in [1.29, 1.82) is 0 Å². The predicted octanol–water partition coefficient (Wildman–Crippen LogP) is 9.69. The molecular weight excluding hydrogens is 506 g/mol. The van der Waals surface area contributed by atoms with E-state index >= 15 is 0 Å². The molecule has 4 heteroatoms. The Morgan fingerprint density at radius 1 is 0.732 bits per heavy atom. The Kier molecular flexibility index (Phi) is 17.5. The maximum atomic E-state index is 13.2. The summed E-state index contributed by atoms with van der Waals surface area (Å²) in [6, 6.07) is 18.7. The number of quaternary nitrogens is 1. The van der Waals surface area contributed by atoms with Crippen LogP contribution in [-0.2, 0) is 22.5 Å². The van der Waals surface area contributed by atoms with Crippen LogP contribution in [0.25, 0.3) is 0 Å². The number of carbonyl (C=O) groups excluding carboxylic acids is 1. The van der Waals surface area contributed by atoms with Gasteiger partial charge in [-0.2, -0.15) is 0 Å². The summed E-state index contributed by atoms with van der Waals surface area (Å²) in [5.41, 5.74) is 2.52. The Balaban J connectivity index is 1.71. The maximum absolute atomic E-state index is 13.2. The third kappa shape index (κ3) is 14.4. The summed E-state index contributed by atoms with van der Waals surface area (Å²) in [6.07, 6.45) is 18.4. The van der Waals surface area contributed by atoms with Crippen LogP contribution >= 0.6 is 0 Å². The summed E-state index contributed by atoms with van der Waals surface area (Å²) < 4.78 is 12.8. The number of carbonyl (C=O) groups is 1. The quantitative estimate of drug-likeness (QED) is 0.0763. The minimum Gasteiger partial charge on any atom is -0.490 e. The second kappa shape index (κ2) is 20.5. The molecule has 2 aromatic rings. The SMILES string of the molecule is CCCCCCCCCCCCCc1ccccc1OC(C)CCOC(=O)C(CCC)[N+](C)(C)Cc1ccccc1. The van der Waals surface area contributed by atoms with Gasteiger partial charge in [-0.15, -0.1) is 0 Å². The fourth-order valence-electron chi connectivity index (χ4n) is 5.69. The highest BCUT2D eigenvalue weighted by Gasteiger charge is 2.35. The Hall–Kier alpha value is -2.33. The first-order valence-corrected chi connectivity index (χ1v) is 16.6. The predicted molar refractivity (Wildman–Crippen MR) is 173 cm³/mol. The standard InChI is InChI=1S/C37H60NO3/c1-6-8-9-10-11-12-13-14-15-16-20-26-34-27-21-22-28-36(34)41-32(3)29-30-40-37(39)35(23-7-2)38(4,5)31-33-24-18-17-19-25-33/h17-19,21-22,24-25,27-28,32,35H,6-16,20,23,26,29-31H2,1-5H3/q+1. The van der Waals surface area contributed by atoms with Crippen molar-refractivity contribution >= 4 is 5.97 Å². The molecule has 2 unspecified atom stereocenters. The topological polar surface area (TPSA) is 35.5 Å². The Morgan fingerprint density at radius 3 is 1.95 bits per heavy atom. The molecule has 2 atom stereocenters. The summed E-state index contributed by atoms with van der Waals surface area (Å²) in [6.45, 7) is 7.67. The van der Waals surface area contributed by atoms with E-state index in [4.69, 9.17) is 9.47 Å². The zero-order valence-corrected chi connectivity index (χ0v) is 27.0. The molecule has 2 rings (SSSR count). The molecule has 0 amide bonds. The van der Waals surface area contributed by atoms with Crippen molar-refractivity contribution in [2.45, 2.75) is 136 Å². The fraction of sp³-hybridized carbons (Fsp3) is 0.649. The zero-order valence-electron chi connectivity index (χ0n) is 27.0. The molecule has 0 radical (unpaired) electrons. The second-order valence-corrected chi connectivity index (χ2v) is 12.5. The normalized spacial score (nSPS) is 13.1. The van der Waals surface area contributed by atoms with Crippen LogP contribution in [0.1, 0.15) is 122 Å². The van der Waals surface area contributed by atoms with Crippen molar-refractivity contribution in [3.8, 4) is 5.75 Å². The Labute approximate surface area is 252 Å². The third-order valence-corrected chi connectivity index (χ3v) is 8.23. The molecule has 0 spiro atoms. The van der Waals surface area contributed by atoms with Crippen LogP contribution in [0.15, 0.2) is 54.6 Å². The Bertz CT molecular complexity index is 942. The highest BCUT2D eigenvalue weighted by Crippen LogP contribution is 2.24. The molecule has 41 heavy (non-hydrogen) atoms. The van der Waals surface area contributed by atoms with Crippen LogP contribution in [0, 0.1) is 0 Å². The Morgan fingerprint density at radius 2 is 1.32 bits per heavy atom. The van der Waals surface area contributed by atoms with E-state index in [1.807, 2.05) is 12.1 Å². The number of aryl methyl sites for hydroxylation is 1. The van der Waals surface area contributed by atoms with Gasteiger partial charge in [0, 0.05) is 18.4 Å². The minimum absolute atomic E-state index is 0.0160. The van der Waals surface area contributed by atoms with Crippen molar-refractivity contribution in [3.63, 3.8) is 0 Å². The van der Waals surface area contributed by atoms with E-state index in [-0.39, 0.29) is 18.1 Å². The van der Waals surface area contributed by atoms with Gasteiger partial charge in [-0.05, 0) is 37.8 Å². The molecule has 0 aromatic heterocycles. The van der Waals surface area contributed by atoms with Crippen LogP contribution < -0.4 is 4.74 Å². The first-order valence-electron chi connectivity index (χ1n) is 16.6. The van der Waals surface area contributed by atoms with Gasteiger partial charge in [0.2, 0.25) is 0 Å². The van der Waals surface area contributed by atoms with E-state index in [0.29, 0.717) is 17.5 Å². The highest BCUT2D eigenvalue weighted by molar-refractivity contribution is 5.74. The van der Waals surface area contributed by atoms with Gasteiger partial charge in [-0.3, -0.25) is 0 Å². The van der Waals surface area contributed by atoms with Gasteiger partial charge in [-0.1, -0.05) is 127 Å². The number of ether oxygens (including phenoxy) is 2. The van der Waals surface area contributed by atoms with Crippen LogP contribution in [0.3, 0.4) is 0 Å². The lowest BCUT2D eigenvalue weighted by Gasteiger charge is -2.36. The van der Waals surface area contributed by atoms with E-state index in [2.05, 4.69) is 77.3 Å². The lowest BCUT2D eigenvalue weighted by molar-refractivity contribution is -0.920. The van der Waals surface area contributed by atoms with Gasteiger partial charge in [-0.25, -0.2) is 4.79 Å². The van der Waals surface area contributed by atoms with E-state index < -0.39 is 0 Å². The molecular formula is C37H60NO3+. The van der Waals surface area contributed by atoms with E-state index in [1.165, 1.54) is 81.8 Å². The first-order chi connectivity index (χ1) is 19.9. The van der Waals surface area contributed by atoms with Crippen LogP contribution in [-0.4, -0.2) is 43.3 Å². The number of hydrogen-bond acceptors (Lipinski definition) is 3. The van der Waals surface area contributed by atoms with Crippen molar-refractivity contribution in [2.75, 3.05) is 20.7 Å². The van der Waals surface area contributed by atoms with E-state index in [0.717, 1.165) is 31.6 Å².